The van der Waals surface area contributed by atoms with Crippen LogP contribution in [0.3, 0.4) is 0 Å². The molecule has 1 aliphatic heterocycles. The van der Waals surface area contributed by atoms with Gasteiger partial charge in [-0.05, 0) is 23.3 Å². The molecule has 0 bridgehead atoms. The van der Waals surface area contributed by atoms with Crippen molar-refractivity contribution in [1.29, 1.82) is 5.26 Å². The van der Waals surface area contributed by atoms with Gasteiger partial charge in [0.05, 0.1) is 6.07 Å². The summed E-state index contributed by atoms with van der Waals surface area (Å²) in [6, 6.07) is 14.6. The van der Waals surface area contributed by atoms with Crippen LogP contribution in [0.5, 0.6) is 0 Å². The van der Waals surface area contributed by atoms with Crippen molar-refractivity contribution in [2.75, 3.05) is 6.67 Å². The second kappa shape index (κ2) is 6.26. The van der Waals surface area contributed by atoms with E-state index in [1.807, 2.05) is 30.3 Å². The minimum Gasteiger partial charge on any atom is -0.295 e. The van der Waals surface area contributed by atoms with Crippen LogP contribution in [0.25, 0.3) is 11.1 Å². The summed E-state index contributed by atoms with van der Waals surface area (Å²) in [6.45, 7) is -0.479. The maximum Gasteiger partial charge on any atom is 0.105 e. The number of nitrogens with one attached hydrogen (secondary N) is 1. The molecule has 1 aliphatic rings. The van der Waals surface area contributed by atoms with Gasteiger partial charge in [0.2, 0.25) is 0 Å². The van der Waals surface area contributed by atoms with Gasteiger partial charge in [0.1, 0.15) is 12.7 Å². The fourth-order valence-corrected chi connectivity index (χ4v) is 3.36. The van der Waals surface area contributed by atoms with Gasteiger partial charge in [-0.2, -0.15) is 5.26 Å². The van der Waals surface area contributed by atoms with E-state index in [1.165, 1.54) is 0 Å². The van der Waals surface area contributed by atoms with Crippen molar-refractivity contribution in [1.82, 2.24) is 5.32 Å². The van der Waals surface area contributed by atoms with Gasteiger partial charge in [-0.1, -0.05) is 53.5 Å². The van der Waals surface area contributed by atoms with E-state index >= 15 is 0 Å². The highest BCUT2D eigenvalue weighted by Gasteiger charge is 2.41. The highest BCUT2D eigenvalue weighted by molar-refractivity contribution is 6.36. The van der Waals surface area contributed by atoms with Crippen LogP contribution >= 0.6 is 23.2 Å². The Morgan fingerprint density at radius 2 is 1.86 bits per heavy atom. The highest BCUT2D eigenvalue weighted by Crippen LogP contribution is 2.35. The first-order valence-electron chi connectivity index (χ1n) is 6.91. The second-order valence-electron chi connectivity index (χ2n) is 5.31. The molecule has 0 aliphatic carbocycles. The van der Waals surface area contributed by atoms with Gasteiger partial charge in [-0.25, -0.2) is 4.39 Å². The van der Waals surface area contributed by atoms with E-state index < -0.39 is 6.67 Å². The number of hydrogen-bond donors (Lipinski definition) is 1. The van der Waals surface area contributed by atoms with Crippen molar-refractivity contribution >= 4 is 23.2 Å². The molecule has 1 heterocycles. The van der Waals surface area contributed by atoms with Crippen molar-refractivity contribution in [3.05, 3.63) is 58.1 Å². The fraction of sp³-hybridized carbons (Fsp3) is 0.235. The third-order valence-electron chi connectivity index (χ3n) is 4.03. The molecule has 0 radical (unpaired) electrons. The number of rotatable bonds is 3. The van der Waals surface area contributed by atoms with E-state index in [4.69, 9.17) is 28.5 Å². The molecule has 112 valence electrons. The number of hydrogen-bond acceptors (Lipinski definition) is 2. The predicted molar refractivity (Wildman–Crippen MR) is 86.9 cm³/mol. The number of alkyl halides is 1. The molecule has 0 spiro atoms. The average Bonchev–Trinajstić information content (AvgIpc) is 2.48. The first-order chi connectivity index (χ1) is 10.6. The summed E-state index contributed by atoms with van der Waals surface area (Å²) < 4.78 is 12.9. The van der Waals surface area contributed by atoms with E-state index in [9.17, 15) is 4.39 Å². The summed E-state index contributed by atoms with van der Waals surface area (Å²) in [4.78, 5) is 0. The number of nitriles is 1. The largest absolute Gasteiger partial charge is 0.295 e. The summed E-state index contributed by atoms with van der Waals surface area (Å²) in [6.07, 6.45) is 0. The maximum atomic E-state index is 12.9. The van der Waals surface area contributed by atoms with Crippen molar-refractivity contribution in [2.45, 2.75) is 18.0 Å². The maximum absolute atomic E-state index is 12.9. The van der Waals surface area contributed by atoms with Crippen molar-refractivity contribution in [3.63, 3.8) is 0 Å². The second-order valence-corrected chi connectivity index (χ2v) is 6.15. The Kier molecular flexibility index (Phi) is 4.35. The number of benzene rings is 2. The third-order valence-corrected chi connectivity index (χ3v) is 4.58. The predicted octanol–water partition coefficient (Wildman–Crippen LogP) is 4.58. The van der Waals surface area contributed by atoms with E-state index in [-0.39, 0.29) is 18.0 Å². The lowest BCUT2D eigenvalue weighted by atomic mass is 9.78. The zero-order chi connectivity index (χ0) is 15.7. The molecule has 1 fully saturated rings. The lowest BCUT2D eigenvalue weighted by molar-refractivity contribution is 0.210. The van der Waals surface area contributed by atoms with Crippen molar-refractivity contribution < 1.29 is 4.39 Å². The van der Waals surface area contributed by atoms with Crippen molar-refractivity contribution in [2.24, 2.45) is 0 Å². The van der Waals surface area contributed by atoms with Crippen LogP contribution in [0, 0.1) is 11.3 Å². The van der Waals surface area contributed by atoms with Gasteiger partial charge >= 0.3 is 0 Å². The van der Waals surface area contributed by atoms with Crippen LogP contribution in [0.2, 0.25) is 10.0 Å². The van der Waals surface area contributed by atoms with Gasteiger partial charge in [-0.3, -0.25) is 5.32 Å². The average molecular weight is 335 g/mol. The summed E-state index contributed by atoms with van der Waals surface area (Å²) in [5, 5.41) is 13.2. The van der Waals surface area contributed by atoms with Crippen LogP contribution < -0.4 is 5.32 Å². The number of halogens is 3. The molecule has 3 rings (SSSR count). The molecule has 2 aromatic carbocycles. The first-order valence-corrected chi connectivity index (χ1v) is 7.66. The molecular weight excluding hydrogens is 322 g/mol. The molecule has 0 amide bonds. The lowest BCUT2D eigenvalue weighted by Crippen LogP contribution is -2.59. The van der Waals surface area contributed by atoms with Crippen LogP contribution in [0.15, 0.2) is 42.5 Å². The Bertz CT molecular complexity index is 724. The lowest BCUT2D eigenvalue weighted by Gasteiger charge is -2.41. The van der Waals surface area contributed by atoms with Gasteiger partial charge in [-0.15, -0.1) is 0 Å². The zero-order valence-electron chi connectivity index (χ0n) is 11.6. The Morgan fingerprint density at radius 3 is 2.45 bits per heavy atom. The summed E-state index contributed by atoms with van der Waals surface area (Å²) in [7, 11) is 0. The highest BCUT2D eigenvalue weighted by atomic mass is 35.5. The molecule has 0 unspecified atom stereocenters. The van der Waals surface area contributed by atoms with E-state index in [0.717, 1.165) is 16.7 Å². The Hall–Kier alpha value is -1.60. The standard InChI is InChI=1S/C17H13Cl2FN2/c18-12-5-6-13(14(19)7-12)10-1-3-11(4-2-10)17-15(8-20)22-16(17)9-21/h1-7,15-17,22H,8H2/t15-,16-,17+/m0/s1. The third kappa shape index (κ3) is 2.70. The first kappa shape index (κ1) is 15.3. The summed E-state index contributed by atoms with van der Waals surface area (Å²) in [5.41, 5.74) is 2.81. The van der Waals surface area contributed by atoms with Gasteiger partial charge in [0.25, 0.3) is 0 Å². The van der Waals surface area contributed by atoms with Crippen LogP contribution in [0.4, 0.5) is 4.39 Å². The van der Waals surface area contributed by atoms with Crippen LogP contribution in [-0.2, 0) is 0 Å². The molecule has 3 atom stereocenters. The normalized spacial score (nSPS) is 23.6. The van der Waals surface area contributed by atoms with Gasteiger partial charge < -0.3 is 0 Å². The molecule has 2 nitrogen and oxygen atoms in total. The Labute approximate surface area is 138 Å². The molecule has 0 saturated carbocycles. The Morgan fingerprint density at radius 1 is 1.14 bits per heavy atom. The quantitative estimate of drug-likeness (QED) is 0.891. The topological polar surface area (TPSA) is 35.8 Å². The number of nitrogens with zero attached hydrogens (tertiary/aromatic N) is 1. The monoisotopic (exact) mass is 334 g/mol. The molecular formula is C17H13Cl2FN2. The molecule has 1 saturated heterocycles. The van der Waals surface area contributed by atoms with Gasteiger partial charge in [0.15, 0.2) is 0 Å². The van der Waals surface area contributed by atoms with Gasteiger partial charge in [0, 0.05) is 27.6 Å². The van der Waals surface area contributed by atoms with Crippen LogP contribution in [-0.4, -0.2) is 18.8 Å². The smallest absolute Gasteiger partial charge is 0.105 e. The summed E-state index contributed by atoms with van der Waals surface area (Å²) >= 11 is 12.1. The van der Waals surface area contributed by atoms with E-state index in [2.05, 4.69) is 11.4 Å². The molecule has 0 aromatic heterocycles. The van der Waals surface area contributed by atoms with Crippen molar-refractivity contribution in [3.8, 4) is 17.2 Å². The fourth-order valence-electron chi connectivity index (χ4n) is 2.84. The zero-order valence-corrected chi connectivity index (χ0v) is 13.1. The Balaban J connectivity index is 1.88. The molecule has 22 heavy (non-hydrogen) atoms. The molecule has 2 aromatic rings. The minimum absolute atomic E-state index is 0.107. The van der Waals surface area contributed by atoms with Crippen LogP contribution in [0.1, 0.15) is 11.5 Å². The minimum atomic E-state index is -0.479. The summed E-state index contributed by atoms with van der Waals surface area (Å²) in [5.74, 6) is -0.107. The molecule has 5 heteroatoms. The SMILES string of the molecule is N#C[C@@H]1N[C@@H](CF)[C@H]1c1ccc(-c2ccc(Cl)cc2Cl)cc1. The molecule has 1 N–H and O–H groups in total. The van der Waals surface area contributed by atoms with E-state index in [0.29, 0.717) is 10.0 Å². The van der Waals surface area contributed by atoms with E-state index in [1.54, 1.807) is 12.1 Å².